The van der Waals surface area contributed by atoms with Gasteiger partial charge in [-0.3, -0.25) is 0 Å². The highest BCUT2D eigenvalue weighted by Gasteiger charge is 2.39. The van der Waals surface area contributed by atoms with Gasteiger partial charge in [0.15, 0.2) is 0 Å². The van der Waals surface area contributed by atoms with Crippen molar-refractivity contribution < 1.29 is 8.42 Å². The van der Waals surface area contributed by atoms with Crippen molar-refractivity contribution in [2.75, 3.05) is 18.4 Å². The minimum absolute atomic E-state index is 0.245. The summed E-state index contributed by atoms with van der Waals surface area (Å²) in [5.74, 6) is 2.50. The molecule has 2 saturated carbocycles. The maximum atomic E-state index is 12.5. The molecule has 5 nitrogen and oxygen atoms in total. The van der Waals surface area contributed by atoms with Gasteiger partial charge in [-0.25, -0.2) is 18.1 Å². The van der Waals surface area contributed by atoms with Crippen LogP contribution >= 0.6 is 0 Å². The number of nitrogens with one attached hydrogen (secondary N) is 2. The summed E-state index contributed by atoms with van der Waals surface area (Å²) in [6, 6.07) is 3.26. The van der Waals surface area contributed by atoms with Crippen LogP contribution in [-0.4, -0.2) is 26.5 Å². The highest BCUT2D eigenvalue weighted by molar-refractivity contribution is 7.89. The molecule has 6 heteroatoms. The van der Waals surface area contributed by atoms with Crippen LogP contribution in [-0.2, 0) is 10.0 Å². The molecule has 0 saturated heterocycles. The number of anilines is 1. The Bertz CT molecular complexity index is 603. The van der Waals surface area contributed by atoms with Crippen LogP contribution in [0.2, 0.25) is 0 Å². The van der Waals surface area contributed by atoms with E-state index in [9.17, 15) is 8.42 Å². The third kappa shape index (κ3) is 3.06. The number of hydrogen-bond acceptors (Lipinski definition) is 4. The third-order valence-corrected chi connectivity index (χ3v) is 6.28. The standard InChI is InChI=1S/C15H23N3O2S/c1-2-16-15-14(4-3-7-17-15)21(19,20)18-10-13-9-11-5-6-12(13)8-11/h3-4,7,11-13,18H,2,5-6,8-10H2,1H3,(H,16,17). The van der Waals surface area contributed by atoms with Crippen molar-refractivity contribution in [3.63, 3.8) is 0 Å². The quantitative estimate of drug-likeness (QED) is 0.845. The number of pyridine rings is 1. The predicted molar refractivity (Wildman–Crippen MR) is 82.5 cm³/mol. The first-order valence-electron chi connectivity index (χ1n) is 7.78. The second kappa shape index (κ2) is 5.93. The van der Waals surface area contributed by atoms with Gasteiger partial charge in [-0.05, 0) is 56.1 Å². The van der Waals surface area contributed by atoms with E-state index >= 15 is 0 Å². The van der Waals surface area contributed by atoms with Gasteiger partial charge in [-0.15, -0.1) is 0 Å². The summed E-state index contributed by atoms with van der Waals surface area (Å²) in [5.41, 5.74) is 0. The summed E-state index contributed by atoms with van der Waals surface area (Å²) in [6.07, 6.45) is 6.68. The SMILES string of the molecule is CCNc1ncccc1S(=O)(=O)NCC1CC2CCC1C2. The first-order chi connectivity index (χ1) is 10.1. The normalized spacial score (nSPS) is 28.0. The molecule has 0 radical (unpaired) electrons. The topological polar surface area (TPSA) is 71.1 Å². The second-order valence-electron chi connectivity index (χ2n) is 6.17. The molecule has 0 amide bonds. The van der Waals surface area contributed by atoms with E-state index in [-0.39, 0.29) is 4.90 Å². The van der Waals surface area contributed by atoms with Gasteiger partial charge in [0.25, 0.3) is 0 Å². The Morgan fingerprint density at radius 1 is 1.33 bits per heavy atom. The van der Waals surface area contributed by atoms with Crippen LogP contribution < -0.4 is 10.0 Å². The summed E-state index contributed by atoms with van der Waals surface area (Å²) in [6.45, 7) is 3.13. The second-order valence-corrected chi connectivity index (χ2v) is 7.90. The molecule has 0 aliphatic heterocycles. The fraction of sp³-hybridized carbons (Fsp3) is 0.667. The first-order valence-corrected chi connectivity index (χ1v) is 9.27. The molecule has 2 aliphatic carbocycles. The molecule has 2 bridgehead atoms. The molecule has 1 heterocycles. The Labute approximate surface area is 126 Å². The third-order valence-electron chi connectivity index (χ3n) is 4.82. The first kappa shape index (κ1) is 14.8. The zero-order valence-corrected chi connectivity index (χ0v) is 13.2. The lowest BCUT2D eigenvalue weighted by atomic mass is 9.89. The molecule has 1 aromatic rings. The average molecular weight is 309 g/mol. The van der Waals surface area contributed by atoms with Crippen LogP contribution in [0.15, 0.2) is 23.2 Å². The van der Waals surface area contributed by atoms with E-state index in [1.165, 1.54) is 25.7 Å². The molecule has 1 aromatic heterocycles. The maximum absolute atomic E-state index is 12.5. The van der Waals surface area contributed by atoms with Gasteiger partial charge in [-0.2, -0.15) is 0 Å². The van der Waals surface area contributed by atoms with Gasteiger partial charge in [0.2, 0.25) is 10.0 Å². The molecular weight excluding hydrogens is 286 g/mol. The number of aromatic nitrogens is 1. The maximum Gasteiger partial charge on any atom is 0.244 e. The summed E-state index contributed by atoms with van der Waals surface area (Å²) in [4.78, 5) is 4.37. The highest BCUT2D eigenvalue weighted by Crippen LogP contribution is 2.48. The van der Waals surface area contributed by atoms with E-state index in [1.54, 1.807) is 18.3 Å². The minimum atomic E-state index is -3.49. The van der Waals surface area contributed by atoms with Crippen molar-refractivity contribution in [1.82, 2.24) is 9.71 Å². The average Bonchev–Trinajstić information content (AvgIpc) is 3.09. The lowest BCUT2D eigenvalue weighted by Crippen LogP contribution is -2.32. The summed E-state index contributed by atoms with van der Waals surface area (Å²) >= 11 is 0. The van der Waals surface area contributed by atoms with Crippen molar-refractivity contribution in [3.05, 3.63) is 18.3 Å². The molecule has 116 valence electrons. The Kier molecular flexibility index (Phi) is 4.17. The largest absolute Gasteiger partial charge is 0.369 e. The van der Waals surface area contributed by atoms with E-state index in [0.717, 1.165) is 11.8 Å². The van der Waals surface area contributed by atoms with E-state index in [0.29, 0.717) is 24.8 Å². The molecule has 3 unspecified atom stereocenters. The molecule has 0 aromatic carbocycles. The van der Waals surface area contributed by atoms with Crippen LogP contribution in [0.25, 0.3) is 0 Å². The highest BCUT2D eigenvalue weighted by atomic mass is 32.2. The number of sulfonamides is 1. The number of rotatable bonds is 6. The fourth-order valence-electron chi connectivity index (χ4n) is 3.83. The van der Waals surface area contributed by atoms with Gasteiger partial charge in [0.05, 0.1) is 0 Å². The van der Waals surface area contributed by atoms with Crippen LogP contribution in [0.1, 0.15) is 32.6 Å². The Hall–Kier alpha value is -1.14. The molecule has 21 heavy (non-hydrogen) atoms. The number of nitrogens with zero attached hydrogens (tertiary/aromatic N) is 1. The lowest BCUT2D eigenvalue weighted by molar-refractivity contribution is 0.333. The van der Waals surface area contributed by atoms with Crippen LogP contribution in [0.5, 0.6) is 0 Å². The molecule has 3 atom stereocenters. The van der Waals surface area contributed by atoms with Crippen LogP contribution in [0.4, 0.5) is 5.82 Å². The predicted octanol–water partition coefficient (Wildman–Crippen LogP) is 2.23. The summed E-state index contributed by atoms with van der Waals surface area (Å²) < 4.78 is 27.8. The fourth-order valence-corrected chi connectivity index (χ4v) is 5.05. The van der Waals surface area contributed by atoms with Crippen LogP contribution in [0.3, 0.4) is 0 Å². The van der Waals surface area contributed by atoms with Crippen molar-refractivity contribution in [1.29, 1.82) is 0 Å². The van der Waals surface area contributed by atoms with Gasteiger partial charge < -0.3 is 5.32 Å². The van der Waals surface area contributed by atoms with Gasteiger partial charge in [0.1, 0.15) is 10.7 Å². The molecule has 2 aliphatic rings. The smallest absolute Gasteiger partial charge is 0.244 e. The lowest BCUT2D eigenvalue weighted by Gasteiger charge is -2.22. The van der Waals surface area contributed by atoms with E-state index in [2.05, 4.69) is 15.0 Å². The van der Waals surface area contributed by atoms with Gasteiger partial charge >= 0.3 is 0 Å². The molecule has 2 fully saturated rings. The molecule has 3 rings (SSSR count). The van der Waals surface area contributed by atoms with E-state index in [4.69, 9.17) is 0 Å². The number of hydrogen-bond donors (Lipinski definition) is 2. The number of fused-ring (bicyclic) bond motifs is 2. The summed E-state index contributed by atoms with van der Waals surface area (Å²) in [5, 5.41) is 3.01. The Balaban J connectivity index is 1.69. The Morgan fingerprint density at radius 2 is 2.19 bits per heavy atom. The van der Waals surface area contributed by atoms with E-state index < -0.39 is 10.0 Å². The van der Waals surface area contributed by atoms with Crippen molar-refractivity contribution >= 4 is 15.8 Å². The Morgan fingerprint density at radius 3 is 2.86 bits per heavy atom. The minimum Gasteiger partial charge on any atom is -0.369 e. The zero-order chi connectivity index (χ0) is 14.9. The summed E-state index contributed by atoms with van der Waals surface area (Å²) in [7, 11) is -3.49. The molecule has 2 N–H and O–H groups in total. The van der Waals surface area contributed by atoms with E-state index in [1.807, 2.05) is 6.92 Å². The van der Waals surface area contributed by atoms with Crippen molar-refractivity contribution in [2.45, 2.75) is 37.5 Å². The molecular formula is C15H23N3O2S. The van der Waals surface area contributed by atoms with Gasteiger partial charge in [-0.1, -0.05) is 6.42 Å². The molecule has 0 spiro atoms. The van der Waals surface area contributed by atoms with Crippen molar-refractivity contribution in [3.8, 4) is 0 Å². The van der Waals surface area contributed by atoms with Crippen LogP contribution in [0, 0.1) is 17.8 Å². The van der Waals surface area contributed by atoms with Crippen molar-refractivity contribution in [2.24, 2.45) is 17.8 Å². The van der Waals surface area contributed by atoms with Gasteiger partial charge in [0, 0.05) is 19.3 Å². The zero-order valence-electron chi connectivity index (χ0n) is 12.4. The monoisotopic (exact) mass is 309 g/mol.